The lowest BCUT2D eigenvalue weighted by Crippen LogP contribution is -2.53. The van der Waals surface area contributed by atoms with Gasteiger partial charge < -0.3 is 10.2 Å². The third-order valence-electron chi connectivity index (χ3n) is 8.56. The first-order valence-corrected chi connectivity index (χ1v) is 9.33. The van der Waals surface area contributed by atoms with Crippen molar-refractivity contribution in [1.82, 2.24) is 0 Å². The predicted octanol–water partition coefficient (Wildman–Crippen LogP) is 3.75. The Labute approximate surface area is 129 Å². The van der Waals surface area contributed by atoms with Crippen LogP contribution in [0.25, 0.3) is 0 Å². The molecule has 2 N–H and O–H groups in total. The molecule has 2 nitrogen and oxygen atoms in total. The summed E-state index contributed by atoms with van der Waals surface area (Å²) in [5.41, 5.74) is 0.541. The topological polar surface area (TPSA) is 40.5 Å². The highest BCUT2D eigenvalue weighted by Gasteiger charge is 2.61. The molecule has 0 saturated heterocycles. The molecule has 0 aliphatic heterocycles. The first kappa shape index (κ1) is 14.5. The van der Waals surface area contributed by atoms with Crippen LogP contribution in [0.2, 0.25) is 0 Å². The Bertz CT molecular complexity index is 422. The Balaban J connectivity index is 1.65. The van der Waals surface area contributed by atoms with Gasteiger partial charge in [0.15, 0.2) is 0 Å². The molecule has 0 bridgehead atoms. The molecule has 0 heterocycles. The van der Waals surface area contributed by atoms with E-state index < -0.39 is 12.2 Å². The SMILES string of the molecule is C[C@]12CCCC[C@@H]1CC[C@H]1[C@H]2CC[C@]2(C)[C@H](O)[C@@H](O)C[C@@H]12. The lowest BCUT2D eigenvalue weighted by Gasteiger charge is -2.60. The van der Waals surface area contributed by atoms with Crippen LogP contribution < -0.4 is 0 Å². The van der Waals surface area contributed by atoms with Crippen molar-refractivity contribution in [3.05, 3.63) is 0 Å². The van der Waals surface area contributed by atoms with Crippen molar-refractivity contribution < 1.29 is 10.2 Å². The zero-order chi connectivity index (χ0) is 14.8. The molecule has 4 rings (SSSR count). The van der Waals surface area contributed by atoms with E-state index >= 15 is 0 Å². The summed E-state index contributed by atoms with van der Waals surface area (Å²) in [6.45, 7) is 4.84. The summed E-state index contributed by atoms with van der Waals surface area (Å²) >= 11 is 0. The first-order chi connectivity index (χ1) is 9.97. The summed E-state index contributed by atoms with van der Waals surface area (Å²) in [6, 6.07) is 0. The van der Waals surface area contributed by atoms with Crippen molar-refractivity contribution in [1.29, 1.82) is 0 Å². The minimum absolute atomic E-state index is 0.0154. The third kappa shape index (κ3) is 1.84. The highest BCUT2D eigenvalue weighted by molar-refractivity contribution is 5.10. The quantitative estimate of drug-likeness (QED) is 0.714. The Morgan fingerprint density at radius 2 is 1.62 bits per heavy atom. The van der Waals surface area contributed by atoms with E-state index in [1.54, 1.807) is 0 Å². The van der Waals surface area contributed by atoms with Crippen LogP contribution in [-0.4, -0.2) is 22.4 Å². The summed E-state index contributed by atoms with van der Waals surface area (Å²) in [6.07, 6.45) is 10.8. The summed E-state index contributed by atoms with van der Waals surface area (Å²) in [5.74, 6) is 3.12. The second-order valence-corrected chi connectivity index (χ2v) is 9.20. The zero-order valence-electron chi connectivity index (χ0n) is 13.7. The highest BCUT2D eigenvalue weighted by atomic mass is 16.3. The van der Waals surface area contributed by atoms with Gasteiger partial charge in [0.2, 0.25) is 0 Å². The van der Waals surface area contributed by atoms with Crippen LogP contribution in [0.4, 0.5) is 0 Å². The molecule has 0 aromatic rings. The van der Waals surface area contributed by atoms with E-state index in [0.717, 1.165) is 30.6 Å². The van der Waals surface area contributed by atoms with Crippen LogP contribution in [-0.2, 0) is 0 Å². The fraction of sp³-hybridized carbons (Fsp3) is 1.00. The van der Waals surface area contributed by atoms with E-state index in [9.17, 15) is 10.2 Å². The molecule has 4 saturated carbocycles. The Kier molecular flexibility index (Phi) is 3.25. The second kappa shape index (κ2) is 4.71. The Morgan fingerprint density at radius 1 is 0.810 bits per heavy atom. The van der Waals surface area contributed by atoms with Gasteiger partial charge in [-0.25, -0.2) is 0 Å². The molecule has 120 valence electrons. The Morgan fingerprint density at radius 3 is 2.43 bits per heavy atom. The van der Waals surface area contributed by atoms with Gasteiger partial charge in [-0.1, -0.05) is 26.7 Å². The minimum Gasteiger partial charge on any atom is -0.390 e. The summed E-state index contributed by atoms with van der Waals surface area (Å²) in [7, 11) is 0. The van der Waals surface area contributed by atoms with Crippen molar-refractivity contribution in [2.45, 2.75) is 83.8 Å². The first-order valence-electron chi connectivity index (χ1n) is 9.33. The number of hydrogen-bond donors (Lipinski definition) is 2. The van der Waals surface area contributed by atoms with Gasteiger partial charge in [0.05, 0.1) is 12.2 Å². The number of rotatable bonds is 0. The number of aliphatic hydroxyl groups excluding tert-OH is 2. The van der Waals surface area contributed by atoms with Crippen LogP contribution in [0.3, 0.4) is 0 Å². The van der Waals surface area contributed by atoms with Crippen LogP contribution in [0.5, 0.6) is 0 Å². The Hall–Kier alpha value is -0.0800. The molecular formula is C19H32O2. The third-order valence-corrected chi connectivity index (χ3v) is 8.56. The van der Waals surface area contributed by atoms with Crippen LogP contribution in [0.15, 0.2) is 0 Å². The van der Waals surface area contributed by atoms with Crippen molar-refractivity contribution in [2.24, 2.45) is 34.5 Å². The normalized spacial score (nSPS) is 60.0. The van der Waals surface area contributed by atoms with Crippen molar-refractivity contribution in [3.63, 3.8) is 0 Å². The van der Waals surface area contributed by atoms with E-state index in [1.165, 1.54) is 44.9 Å². The molecule has 0 aromatic heterocycles. The standard InChI is InChI=1S/C19H32O2/c1-18-9-4-3-5-12(18)6-7-13-14(18)8-10-19(2)15(13)11-16(20)17(19)21/h12-17,20-21H,3-11H2,1-2H3/t12-,13+,14-,15+,16+,17-,18+,19+/m1/s1. The molecule has 4 aliphatic rings. The smallest absolute Gasteiger partial charge is 0.0855 e. The van der Waals surface area contributed by atoms with Gasteiger partial charge in [0, 0.05) is 0 Å². The minimum atomic E-state index is -0.486. The number of aliphatic hydroxyl groups is 2. The summed E-state index contributed by atoms with van der Waals surface area (Å²) in [4.78, 5) is 0. The monoisotopic (exact) mass is 292 g/mol. The maximum atomic E-state index is 10.5. The largest absolute Gasteiger partial charge is 0.390 e. The number of fused-ring (bicyclic) bond motifs is 5. The fourth-order valence-corrected chi connectivity index (χ4v) is 7.28. The van der Waals surface area contributed by atoms with Crippen molar-refractivity contribution in [3.8, 4) is 0 Å². The predicted molar refractivity (Wildman–Crippen MR) is 83.7 cm³/mol. The molecule has 2 heteroatoms. The average molecular weight is 292 g/mol. The maximum Gasteiger partial charge on any atom is 0.0855 e. The van der Waals surface area contributed by atoms with Gasteiger partial charge >= 0.3 is 0 Å². The van der Waals surface area contributed by atoms with Crippen molar-refractivity contribution in [2.75, 3.05) is 0 Å². The van der Waals surface area contributed by atoms with Gasteiger partial charge in [0.25, 0.3) is 0 Å². The lowest BCUT2D eigenvalue weighted by molar-refractivity contribution is -0.123. The highest BCUT2D eigenvalue weighted by Crippen LogP contribution is 2.66. The zero-order valence-corrected chi connectivity index (χ0v) is 13.7. The molecule has 0 spiro atoms. The van der Waals surface area contributed by atoms with Crippen molar-refractivity contribution >= 4 is 0 Å². The molecule has 0 unspecified atom stereocenters. The van der Waals surface area contributed by atoms with Gasteiger partial charge in [-0.15, -0.1) is 0 Å². The van der Waals surface area contributed by atoms with Gasteiger partial charge in [-0.2, -0.15) is 0 Å². The molecule has 0 aromatic carbocycles. The molecule has 8 atom stereocenters. The van der Waals surface area contributed by atoms with Gasteiger partial charge in [-0.05, 0) is 79.4 Å². The average Bonchev–Trinajstić information content (AvgIpc) is 2.70. The second-order valence-electron chi connectivity index (χ2n) is 9.20. The molecule has 0 amide bonds. The van der Waals surface area contributed by atoms with E-state index in [2.05, 4.69) is 13.8 Å². The van der Waals surface area contributed by atoms with Crippen LogP contribution in [0.1, 0.15) is 71.6 Å². The van der Waals surface area contributed by atoms with Crippen LogP contribution >= 0.6 is 0 Å². The summed E-state index contributed by atoms with van der Waals surface area (Å²) < 4.78 is 0. The summed E-state index contributed by atoms with van der Waals surface area (Å²) in [5, 5.41) is 20.7. The van der Waals surface area contributed by atoms with E-state index in [4.69, 9.17) is 0 Å². The van der Waals surface area contributed by atoms with Crippen LogP contribution in [0, 0.1) is 34.5 Å². The molecule has 0 radical (unpaired) electrons. The molecule has 4 aliphatic carbocycles. The maximum absolute atomic E-state index is 10.5. The van der Waals surface area contributed by atoms with E-state index in [-0.39, 0.29) is 5.41 Å². The molecule has 21 heavy (non-hydrogen) atoms. The molecular weight excluding hydrogens is 260 g/mol. The number of hydrogen-bond acceptors (Lipinski definition) is 2. The van der Waals surface area contributed by atoms with E-state index in [0.29, 0.717) is 11.3 Å². The lowest BCUT2D eigenvalue weighted by atomic mass is 9.45. The fourth-order valence-electron chi connectivity index (χ4n) is 7.28. The molecule has 4 fully saturated rings. The van der Waals surface area contributed by atoms with Gasteiger partial charge in [0.1, 0.15) is 0 Å². The van der Waals surface area contributed by atoms with E-state index in [1.807, 2.05) is 0 Å². The van der Waals surface area contributed by atoms with Gasteiger partial charge in [-0.3, -0.25) is 0 Å².